The van der Waals surface area contributed by atoms with Gasteiger partial charge in [0.2, 0.25) is 11.8 Å². The number of carbonyl (C=O) groups excluding carboxylic acids is 4. The summed E-state index contributed by atoms with van der Waals surface area (Å²) in [5, 5.41) is 13.7. The second-order valence-corrected chi connectivity index (χ2v) is 15.7. The number of ether oxygens (including phenoxy) is 4. The average Bonchev–Trinajstić information content (AvgIpc) is 3.77. The van der Waals surface area contributed by atoms with Crippen LogP contribution >= 0.6 is 15.9 Å². The molecule has 13 heteroatoms. The maximum atomic E-state index is 15.1. The van der Waals surface area contributed by atoms with E-state index in [0.29, 0.717) is 29.8 Å². The first-order valence-corrected chi connectivity index (χ1v) is 19.3. The molecule has 5 rings (SSSR count). The molecule has 0 aliphatic carbocycles. The van der Waals surface area contributed by atoms with E-state index in [1.54, 1.807) is 72.7 Å². The molecule has 1 spiro atoms. The number of alkyl halides is 1. The summed E-state index contributed by atoms with van der Waals surface area (Å²) >= 11 is 3.74. The number of halogens is 1. The van der Waals surface area contributed by atoms with Crippen molar-refractivity contribution in [2.75, 3.05) is 38.9 Å². The second kappa shape index (κ2) is 18.1. The van der Waals surface area contributed by atoms with E-state index in [-0.39, 0.29) is 37.8 Å². The van der Waals surface area contributed by atoms with Gasteiger partial charge in [0, 0.05) is 30.6 Å². The largest absolute Gasteiger partial charge is 0.497 e. The predicted octanol–water partition coefficient (Wildman–Crippen LogP) is 4.75. The molecule has 0 radical (unpaired) electrons. The Kier molecular flexibility index (Phi) is 13.8. The van der Waals surface area contributed by atoms with E-state index in [1.165, 1.54) is 12.0 Å². The van der Waals surface area contributed by atoms with Gasteiger partial charge in [-0.3, -0.25) is 19.2 Å². The number of hydrogen-bond acceptors (Lipinski definition) is 9. The lowest BCUT2D eigenvalue weighted by Crippen LogP contribution is -2.59. The summed E-state index contributed by atoms with van der Waals surface area (Å²) in [7, 11) is 3.05. The SMILES string of the molecule is C=CCCC(=O)N[C@@H](COC)[C@@H](OC(=O)[C@H]1[C@@H]2O[C@@]3(CC2Br)[C@@H]1C(=O)N([C@@H](CO)CC(C)C)[C@@H]3C(=O)N(CC=C)c1ccc(OC)cc1)c1ccccc1. The van der Waals surface area contributed by atoms with Gasteiger partial charge >= 0.3 is 5.97 Å². The third kappa shape index (κ3) is 8.14. The van der Waals surface area contributed by atoms with Gasteiger partial charge < -0.3 is 39.2 Å². The Morgan fingerprint density at radius 2 is 1.81 bits per heavy atom. The Hall–Kier alpha value is -4.04. The Labute approximate surface area is 326 Å². The van der Waals surface area contributed by atoms with Crippen molar-refractivity contribution in [2.24, 2.45) is 17.8 Å². The number of hydrogen-bond donors (Lipinski definition) is 2. The number of esters is 1. The molecule has 3 aliphatic heterocycles. The molecule has 3 aliphatic rings. The number of nitrogens with zero attached hydrogens (tertiary/aromatic N) is 2. The van der Waals surface area contributed by atoms with Crippen molar-refractivity contribution in [3.8, 4) is 5.75 Å². The van der Waals surface area contributed by atoms with Gasteiger partial charge in [0.15, 0.2) is 0 Å². The van der Waals surface area contributed by atoms with Crippen molar-refractivity contribution in [2.45, 2.75) is 80.3 Å². The third-order valence-corrected chi connectivity index (χ3v) is 11.4. The molecule has 2 N–H and O–H groups in total. The zero-order valence-electron chi connectivity index (χ0n) is 31.4. The summed E-state index contributed by atoms with van der Waals surface area (Å²) in [6.45, 7) is 11.3. The molecule has 12 nitrogen and oxygen atoms in total. The van der Waals surface area contributed by atoms with Crippen molar-refractivity contribution in [3.63, 3.8) is 0 Å². The Morgan fingerprint density at radius 1 is 1.11 bits per heavy atom. The van der Waals surface area contributed by atoms with E-state index < -0.39 is 77.0 Å². The maximum Gasteiger partial charge on any atom is 0.313 e. The number of likely N-dealkylation sites (tertiary alicyclic amines) is 1. The fourth-order valence-electron chi connectivity index (χ4n) is 8.32. The summed E-state index contributed by atoms with van der Waals surface area (Å²) in [5.74, 6) is -3.34. The van der Waals surface area contributed by atoms with Gasteiger partial charge in [-0.1, -0.05) is 72.3 Å². The van der Waals surface area contributed by atoms with Crippen molar-refractivity contribution < 1.29 is 43.2 Å². The number of rotatable bonds is 19. The van der Waals surface area contributed by atoms with Gasteiger partial charge in [0.05, 0.1) is 50.3 Å². The zero-order chi connectivity index (χ0) is 39.2. The van der Waals surface area contributed by atoms with Gasteiger partial charge in [-0.25, -0.2) is 0 Å². The Morgan fingerprint density at radius 3 is 2.41 bits per heavy atom. The van der Waals surface area contributed by atoms with Crippen molar-refractivity contribution in [1.29, 1.82) is 0 Å². The number of methoxy groups -OCH3 is 2. The van der Waals surface area contributed by atoms with Gasteiger partial charge in [-0.05, 0) is 55.0 Å². The molecule has 292 valence electrons. The molecule has 2 aromatic carbocycles. The molecule has 2 aromatic rings. The summed E-state index contributed by atoms with van der Waals surface area (Å²) < 4.78 is 24.0. The number of benzene rings is 2. The summed E-state index contributed by atoms with van der Waals surface area (Å²) in [5.41, 5.74) is -0.239. The number of nitrogens with one attached hydrogen (secondary N) is 1. The second-order valence-electron chi connectivity index (χ2n) is 14.5. The smallest absolute Gasteiger partial charge is 0.313 e. The van der Waals surface area contributed by atoms with E-state index in [0.717, 1.165) is 0 Å². The van der Waals surface area contributed by atoms with Crippen LogP contribution in [-0.4, -0.2) is 102 Å². The molecule has 9 atom stereocenters. The monoisotopic (exact) mass is 809 g/mol. The van der Waals surface area contributed by atoms with Gasteiger partial charge in [-0.15, -0.1) is 13.2 Å². The molecule has 3 saturated heterocycles. The molecule has 1 unspecified atom stereocenters. The van der Waals surface area contributed by atoms with Crippen LogP contribution in [0.5, 0.6) is 5.75 Å². The first kappa shape index (κ1) is 41.1. The third-order valence-electron chi connectivity index (χ3n) is 10.5. The van der Waals surface area contributed by atoms with Crippen LogP contribution in [0.25, 0.3) is 0 Å². The first-order valence-electron chi connectivity index (χ1n) is 18.4. The van der Waals surface area contributed by atoms with Crippen molar-refractivity contribution in [3.05, 3.63) is 85.5 Å². The molecular weight excluding hydrogens is 758 g/mol. The number of aliphatic hydroxyl groups excluding tert-OH is 1. The number of fused-ring (bicyclic) bond motifs is 1. The minimum Gasteiger partial charge on any atom is -0.497 e. The molecule has 3 fully saturated rings. The van der Waals surface area contributed by atoms with Crippen LogP contribution in [0, 0.1) is 17.8 Å². The lowest BCUT2D eigenvalue weighted by Gasteiger charge is -2.39. The summed E-state index contributed by atoms with van der Waals surface area (Å²) in [4.78, 5) is 60.3. The normalized spacial score (nSPS) is 25.8. The highest BCUT2D eigenvalue weighted by molar-refractivity contribution is 9.09. The van der Waals surface area contributed by atoms with Crippen LogP contribution in [0.15, 0.2) is 79.9 Å². The van der Waals surface area contributed by atoms with Crippen LogP contribution in [0.2, 0.25) is 0 Å². The summed E-state index contributed by atoms with van der Waals surface area (Å²) in [6, 6.07) is 13.4. The average molecular weight is 811 g/mol. The highest BCUT2D eigenvalue weighted by atomic mass is 79.9. The van der Waals surface area contributed by atoms with Crippen molar-refractivity contribution >= 4 is 45.3 Å². The predicted molar refractivity (Wildman–Crippen MR) is 207 cm³/mol. The van der Waals surface area contributed by atoms with Gasteiger partial charge in [0.1, 0.15) is 23.5 Å². The molecular formula is C41H52BrN3O9. The van der Waals surface area contributed by atoms with Crippen LogP contribution in [0.3, 0.4) is 0 Å². The minimum atomic E-state index is -1.42. The van der Waals surface area contributed by atoms with E-state index in [4.69, 9.17) is 18.9 Å². The minimum absolute atomic E-state index is 0.0346. The Balaban J connectivity index is 1.56. The van der Waals surface area contributed by atoms with E-state index in [1.807, 2.05) is 19.9 Å². The molecule has 0 aromatic heterocycles. The van der Waals surface area contributed by atoms with Gasteiger partial charge in [0.25, 0.3) is 5.91 Å². The number of aliphatic hydroxyl groups is 1. The van der Waals surface area contributed by atoms with Crippen LogP contribution < -0.4 is 15.0 Å². The van der Waals surface area contributed by atoms with Crippen molar-refractivity contribution in [1.82, 2.24) is 10.2 Å². The topological polar surface area (TPSA) is 144 Å². The quantitative estimate of drug-likeness (QED) is 0.117. The zero-order valence-corrected chi connectivity index (χ0v) is 33.0. The lowest BCUT2D eigenvalue weighted by molar-refractivity contribution is -0.163. The number of anilines is 1. The molecule has 3 amide bonds. The summed E-state index contributed by atoms with van der Waals surface area (Å²) in [6.07, 6.45) is 2.81. The number of amides is 3. The van der Waals surface area contributed by atoms with Gasteiger partial charge in [-0.2, -0.15) is 0 Å². The van der Waals surface area contributed by atoms with Crippen LogP contribution in [-0.2, 0) is 33.4 Å². The fraction of sp³-hybridized carbons (Fsp3) is 0.512. The highest BCUT2D eigenvalue weighted by Gasteiger charge is 2.77. The molecule has 3 heterocycles. The fourth-order valence-corrected chi connectivity index (χ4v) is 9.26. The number of allylic oxidation sites excluding steroid dienone is 1. The highest BCUT2D eigenvalue weighted by Crippen LogP contribution is 2.61. The van der Waals surface area contributed by atoms with E-state index in [9.17, 15) is 19.5 Å². The molecule has 2 bridgehead atoms. The van der Waals surface area contributed by atoms with E-state index >= 15 is 4.79 Å². The maximum absolute atomic E-state index is 15.1. The van der Waals surface area contributed by atoms with E-state index in [2.05, 4.69) is 34.4 Å². The molecule has 0 saturated carbocycles. The van der Waals surface area contributed by atoms with Crippen LogP contribution in [0.1, 0.15) is 51.2 Å². The standard InChI is InChI=1S/C41H52BrN3O9/c1-7-9-15-32(47)43-31(24-51-5)35(26-13-11-10-12-14-26)53-40(50)33-34-38(48)45(28(23-46)21-25(3)4)37(41(34)22-30(42)36(33)54-41)39(49)44(20-8-2)27-16-18-29(52-6)19-17-27/h7-8,10-14,16-19,25,28,30-31,33-37,46H,1-2,9,15,20-24H2,3-6H3,(H,43,47)/t28-,30?,31+,33-,34+,35+,36-,37-,41+/m1/s1. The lowest BCUT2D eigenvalue weighted by atomic mass is 9.70. The Bertz CT molecular complexity index is 1660. The molecule has 54 heavy (non-hydrogen) atoms. The van der Waals surface area contributed by atoms with Crippen LogP contribution in [0.4, 0.5) is 5.69 Å². The number of carbonyl (C=O) groups is 4. The first-order chi connectivity index (χ1) is 26.0.